The molecule has 0 N–H and O–H groups in total. The van der Waals surface area contributed by atoms with E-state index in [0.29, 0.717) is 5.88 Å². The summed E-state index contributed by atoms with van der Waals surface area (Å²) in [4.78, 5) is 1.50. The first-order chi connectivity index (χ1) is 6.24. The highest BCUT2D eigenvalue weighted by molar-refractivity contribution is 6.18. The lowest BCUT2D eigenvalue weighted by atomic mass is 9.68. The summed E-state index contributed by atoms with van der Waals surface area (Å²) in [6.45, 7) is 0. The third kappa shape index (κ3) is 1.68. The zero-order valence-corrected chi connectivity index (χ0v) is 8.46. The fourth-order valence-electron chi connectivity index (χ4n) is 1.76. The largest absolute Gasteiger partial charge is 0.175 e. The lowest BCUT2D eigenvalue weighted by Gasteiger charge is -2.39. The second-order valence-electron chi connectivity index (χ2n) is 3.86. The molecule has 5 heteroatoms. The van der Waals surface area contributed by atoms with Gasteiger partial charge in [-0.1, -0.05) is 6.42 Å². The van der Waals surface area contributed by atoms with Gasteiger partial charge in [-0.15, -0.1) is 21.8 Å². The SMILES string of the molecule is Cn1nnc(CC2(CCl)CCC2)n1. The van der Waals surface area contributed by atoms with Gasteiger partial charge in [-0.05, 0) is 23.5 Å². The molecule has 0 saturated heterocycles. The van der Waals surface area contributed by atoms with Gasteiger partial charge in [0, 0.05) is 12.3 Å². The van der Waals surface area contributed by atoms with Gasteiger partial charge < -0.3 is 0 Å². The molecule has 1 fully saturated rings. The van der Waals surface area contributed by atoms with Crippen LogP contribution in [0.15, 0.2) is 0 Å². The van der Waals surface area contributed by atoms with Gasteiger partial charge in [-0.3, -0.25) is 0 Å². The highest BCUT2D eigenvalue weighted by Crippen LogP contribution is 2.43. The maximum absolute atomic E-state index is 5.93. The summed E-state index contributed by atoms with van der Waals surface area (Å²) in [7, 11) is 1.78. The van der Waals surface area contributed by atoms with Crippen LogP contribution >= 0.6 is 11.6 Å². The number of rotatable bonds is 3. The molecule has 0 unspecified atom stereocenters. The van der Waals surface area contributed by atoms with E-state index >= 15 is 0 Å². The standard InChI is InChI=1S/C8H13ClN4/c1-13-11-7(10-12-13)5-8(6-9)3-2-4-8/h2-6H2,1H3. The quantitative estimate of drug-likeness (QED) is 0.688. The van der Waals surface area contributed by atoms with Crippen LogP contribution < -0.4 is 0 Å². The van der Waals surface area contributed by atoms with Crippen LogP contribution in [0.4, 0.5) is 0 Å². The minimum Gasteiger partial charge on any atom is -0.167 e. The first kappa shape index (κ1) is 8.94. The summed E-state index contributed by atoms with van der Waals surface area (Å²) in [5.41, 5.74) is 0.268. The molecule has 0 amide bonds. The molecular weight excluding hydrogens is 188 g/mol. The fourth-order valence-corrected chi connectivity index (χ4v) is 2.13. The zero-order valence-electron chi connectivity index (χ0n) is 7.70. The van der Waals surface area contributed by atoms with Gasteiger partial charge in [0.25, 0.3) is 0 Å². The van der Waals surface area contributed by atoms with Crippen LogP contribution in [0.5, 0.6) is 0 Å². The van der Waals surface area contributed by atoms with E-state index in [1.165, 1.54) is 24.1 Å². The van der Waals surface area contributed by atoms with Gasteiger partial charge in [-0.25, -0.2) is 0 Å². The maximum atomic E-state index is 5.93. The third-order valence-electron chi connectivity index (χ3n) is 2.78. The van der Waals surface area contributed by atoms with E-state index in [2.05, 4.69) is 15.4 Å². The van der Waals surface area contributed by atoms with Crippen molar-refractivity contribution in [3.05, 3.63) is 5.82 Å². The molecule has 1 aromatic heterocycles. The Bertz CT molecular complexity index is 287. The Kier molecular flexibility index (Phi) is 2.24. The van der Waals surface area contributed by atoms with E-state index in [9.17, 15) is 0 Å². The van der Waals surface area contributed by atoms with Gasteiger partial charge in [0.15, 0.2) is 5.82 Å². The minimum absolute atomic E-state index is 0.268. The number of hydrogen-bond donors (Lipinski definition) is 0. The van der Waals surface area contributed by atoms with Gasteiger partial charge in [0.05, 0.1) is 7.05 Å². The van der Waals surface area contributed by atoms with Crippen molar-refractivity contribution in [2.24, 2.45) is 12.5 Å². The lowest BCUT2D eigenvalue weighted by Crippen LogP contribution is -2.34. The molecule has 2 rings (SSSR count). The van der Waals surface area contributed by atoms with Crippen molar-refractivity contribution in [3.63, 3.8) is 0 Å². The second kappa shape index (κ2) is 3.25. The van der Waals surface area contributed by atoms with Crippen LogP contribution in [0, 0.1) is 5.41 Å². The maximum Gasteiger partial charge on any atom is 0.175 e. The van der Waals surface area contributed by atoms with Gasteiger partial charge >= 0.3 is 0 Å². The van der Waals surface area contributed by atoms with Crippen LogP contribution in [-0.4, -0.2) is 26.1 Å². The minimum atomic E-state index is 0.268. The first-order valence-corrected chi connectivity index (χ1v) is 5.06. The van der Waals surface area contributed by atoms with Crippen molar-refractivity contribution in [1.82, 2.24) is 20.2 Å². The van der Waals surface area contributed by atoms with Crippen LogP contribution in [0.2, 0.25) is 0 Å². The van der Waals surface area contributed by atoms with Crippen molar-refractivity contribution in [2.45, 2.75) is 25.7 Å². The topological polar surface area (TPSA) is 43.6 Å². The Morgan fingerprint density at radius 2 is 2.31 bits per heavy atom. The summed E-state index contributed by atoms with van der Waals surface area (Å²) < 4.78 is 0. The van der Waals surface area contributed by atoms with Crippen molar-refractivity contribution < 1.29 is 0 Å². The van der Waals surface area contributed by atoms with Crippen molar-refractivity contribution in [1.29, 1.82) is 0 Å². The van der Waals surface area contributed by atoms with Crippen molar-refractivity contribution >= 4 is 11.6 Å². The van der Waals surface area contributed by atoms with Crippen LogP contribution in [0.1, 0.15) is 25.1 Å². The summed E-state index contributed by atoms with van der Waals surface area (Å²) in [6.07, 6.45) is 4.57. The smallest absolute Gasteiger partial charge is 0.167 e. The van der Waals surface area contributed by atoms with Crippen LogP contribution in [-0.2, 0) is 13.5 Å². The molecule has 1 aliphatic rings. The number of nitrogens with zero attached hydrogens (tertiary/aromatic N) is 4. The van der Waals surface area contributed by atoms with E-state index < -0.39 is 0 Å². The number of hydrogen-bond acceptors (Lipinski definition) is 3. The Balaban J connectivity index is 2.04. The van der Waals surface area contributed by atoms with Gasteiger partial charge in [0.1, 0.15) is 0 Å². The molecule has 72 valence electrons. The van der Waals surface area contributed by atoms with Crippen LogP contribution in [0.3, 0.4) is 0 Å². The molecule has 0 radical (unpaired) electrons. The molecule has 0 aromatic carbocycles. The molecule has 0 aliphatic heterocycles. The molecule has 1 heterocycles. The molecule has 0 atom stereocenters. The number of tetrazole rings is 1. The van der Waals surface area contributed by atoms with Gasteiger partial charge in [0.2, 0.25) is 0 Å². The van der Waals surface area contributed by atoms with Crippen LogP contribution in [0.25, 0.3) is 0 Å². The highest BCUT2D eigenvalue weighted by Gasteiger charge is 2.37. The third-order valence-corrected chi connectivity index (χ3v) is 3.35. The average Bonchev–Trinajstić information content (AvgIpc) is 2.44. The van der Waals surface area contributed by atoms with E-state index in [1.54, 1.807) is 7.05 Å². The number of halogens is 1. The Hall–Kier alpha value is -0.640. The molecule has 1 saturated carbocycles. The molecule has 4 nitrogen and oxygen atoms in total. The number of aromatic nitrogens is 4. The molecule has 1 aliphatic carbocycles. The Morgan fingerprint density at radius 3 is 2.69 bits per heavy atom. The van der Waals surface area contributed by atoms with E-state index in [4.69, 9.17) is 11.6 Å². The molecule has 13 heavy (non-hydrogen) atoms. The lowest BCUT2D eigenvalue weighted by molar-refractivity contribution is 0.162. The number of aryl methyl sites for hydroxylation is 1. The number of alkyl halides is 1. The van der Waals surface area contributed by atoms with E-state index in [-0.39, 0.29) is 5.41 Å². The zero-order chi connectivity index (χ0) is 9.31. The first-order valence-electron chi connectivity index (χ1n) is 4.53. The van der Waals surface area contributed by atoms with E-state index in [1.807, 2.05) is 0 Å². The monoisotopic (exact) mass is 200 g/mol. The Labute approximate surface area is 82.3 Å². The predicted octanol–water partition coefficient (Wildman–Crippen LogP) is 1.16. The fraction of sp³-hybridized carbons (Fsp3) is 0.875. The Morgan fingerprint density at radius 1 is 1.54 bits per heavy atom. The molecular formula is C8H13ClN4. The molecule has 0 bridgehead atoms. The van der Waals surface area contributed by atoms with E-state index in [0.717, 1.165) is 12.2 Å². The highest BCUT2D eigenvalue weighted by atomic mass is 35.5. The van der Waals surface area contributed by atoms with Gasteiger partial charge in [-0.2, -0.15) is 4.80 Å². The predicted molar refractivity (Wildman–Crippen MR) is 49.5 cm³/mol. The second-order valence-corrected chi connectivity index (χ2v) is 4.13. The summed E-state index contributed by atoms with van der Waals surface area (Å²) in [5.74, 6) is 1.54. The molecule has 0 spiro atoms. The van der Waals surface area contributed by atoms with Crippen molar-refractivity contribution in [3.8, 4) is 0 Å². The normalized spacial score (nSPS) is 19.8. The summed E-state index contributed by atoms with van der Waals surface area (Å²) in [6, 6.07) is 0. The average molecular weight is 201 g/mol. The molecule has 1 aromatic rings. The summed E-state index contributed by atoms with van der Waals surface area (Å²) >= 11 is 5.93. The summed E-state index contributed by atoms with van der Waals surface area (Å²) in [5, 5.41) is 11.9. The van der Waals surface area contributed by atoms with Crippen molar-refractivity contribution in [2.75, 3.05) is 5.88 Å².